The first-order valence-corrected chi connectivity index (χ1v) is 7.28. The van der Waals surface area contributed by atoms with Crippen molar-refractivity contribution in [2.24, 2.45) is 0 Å². The van der Waals surface area contributed by atoms with Gasteiger partial charge in [0, 0.05) is 35.3 Å². The zero-order chi connectivity index (χ0) is 11.8. The molecule has 2 fully saturated rings. The Kier molecular flexibility index (Phi) is 3.14. The van der Waals surface area contributed by atoms with Crippen molar-refractivity contribution >= 4 is 21.6 Å². The molecule has 0 radical (unpaired) electrons. The van der Waals surface area contributed by atoms with Crippen molar-refractivity contribution in [2.45, 2.75) is 38.3 Å². The smallest absolute Gasteiger partial charge is 0.0487 e. The van der Waals surface area contributed by atoms with Gasteiger partial charge in [0.1, 0.15) is 0 Å². The van der Waals surface area contributed by atoms with E-state index in [4.69, 9.17) is 0 Å². The first kappa shape index (κ1) is 11.5. The van der Waals surface area contributed by atoms with Crippen molar-refractivity contribution in [1.82, 2.24) is 4.90 Å². The van der Waals surface area contributed by atoms with Crippen LogP contribution < -0.4 is 5.32 Å². The van der Waals surface area contributed by atoms with E-state index in [0.717, 1.165) is 6.04 Å². The lowest BCUT2D eigenvalue weighted by atomic mass is 10.2. The van der Waals surface area contributed by atoms with Crippen molar-refractivity contribution in [3.8, 4) is 0 Å². The van der Waals surface area contributed by atoms with E-state index in [2.05, 4.69) is 51.3 Å². The van der Waals surface area contributed by atoms with Gasteiger partial charge < -0.3 is 5.32 Å². The maximum atomic E-state index is 3.66. The van der Waals surface area contributed by atoms with Crippen LogP contribution in [0.5, 0.6) is 0 Å². The lowest BCUT2D eigenvalue weighted by Crippen LogP contribution is -2.27. The summed E-state index contributed by atoms with van der Waals surface area (Å²) in [4.78, 5) is 2.64. The van der Waals surface area contributed by atoms with Crippen LogP contribution in [-0.2, 0) is 0 Å². The minimum atomic E-state index is 0.620. The summed E-state index contributed by atoms with van der Waals surface area (Å²) in [6, 6.07) is 8.05. The molecule has 92 valence electrons. The van der Waals surface area contributed by atoms with Crippen LogP contribution in [0.4, 0.5) is 5.69 Å². The molecule has 1 aliphatic carbocycles. The topological polar surface area (TPSA) is 15.3 Å². The standard InChI is InChI=1S/C14H19BrN2/c1-10-2-5-14(13(15)8-10)16-11-6-7-17(9-11)12-3-4-12/h2,5,8,11-12,16H,3-4,6-7,9H2,1H3. The molecular formula is C14H19BrN2. The highest BCUT2D eigenvalue weighted by atomic mass is 79.9. The number of anilines is 1. The fourth-order valence-corrected chi connectivity index (χ4v) is 3.24. The van der Waals surface area contributed by atoms with Gasteiger partial charge in [-0.05, 0) is 59.8 Å². The summed E-state index contributed by atoms with van der Waals surface area (Å²) in [6.07, 6.45) is 4.11. The number of hydrogen-bond acceptors (Lipinski definition) is 2. The summed E-state index contributed by atoms with van der Waals surface area (Å²) in [5.41, 5.74) is 2.53. The van der Waals surface area contributed by atoms with E-state index in [1.807, 2.05) is 0 Å². The molecule has 1 N–H and O–H groups in total. The number of hydrogen-bond donors (Lipinski definition) is 1. The Morgan fingerprint density at radius 1 is 1.29 bits per heavy atom. The summed E-state index contributed by atoms with van der Waals surface area (Å²) in [5.74, 6) is 0. The molecule has 1 saturated heterocycles. The van der Waals surface area contributed by atoms with Crippen molar-refractivity contribution in [1.29, 1.82) is 0 Å². The third-order valence-electron chi connectivity index (χ3n) is 3.77. The van der Waals surface area contributed by atoms with E-state index >= 15 is 0 Å². The predicted molar refractivity (Wildman–Crippen MR) is 75.5 cm³/mol. The Hall–Kier alpha value is -0.540. The number of rotatable bonds is 3. The molecule has 1 heterocycles. The van der Waals surface area contributed by atoms with Crippen LogP contribution in [0.25, 0.3) is 0 Å². The van der Waals surface area contributed by atoms with Gasteiger partial charge in [-0.15, -0.1) is 0 Å². The summed E-state index contributed by atoms with van der Waals surface area (Å²) >= 11 is 3.63. The SMILES string of the molecule is Cc1ccc(NC2CCN(C3CC3)C2)c(Br)c1. The number of likely N-dealkylation sites (tertiary alicyclic amines) is 1. The second-order valence-electron chi connectivity index (χ2n) is 5.34. The minimum absolute atomic E-state index is 0.620. The highest BCUT2D eigenvalue weighted by molar-refractivity contribution is 9.10. The molecule has 1 aromatic rings. The molecule has 3 heteroatoms. The van der Waals surface area contributed by atoms with E-state index in [1.54, 1.807) is 0 Å². The quantitative estimate of drug-likeness (QED) is 0.919. The van der Waals surface area contributed by atoms with E-state index < -0.39 is 0 Å². The van der Waals surface area contributed by atoms with E-state index in [1.165, 1.54) is 48.1 Å². The van der Waals surface area contributed by atoms with Crippen LogP contribution in [0.1, 0.15) is 24.8 Å². The lowest BCUT2D eigenvalue weighted by molar-refractivity contribution is 0.326. The van der Waals surface area contributed by atoms with Gasteiger partial charge in [0.25, 0.3) is 0 Å². The third-order valence-corrected chi connectivity index (χ3v) is 4.42. The second-order valence-corrected chi connectivity index (χ2v) is 6.19. The molecule has 0 bridgehead atoms. The first-order valence-electron chi connectivity index (χ1n) is 6.49. The molecule has 17 heavy (non-hydrogen) atoms. The van der Waals surface area contributed by atoms with Crippen LogP contribution >= 0.6 is 15.9 Å². The lowest BCUT2D eigenvalue weighted by Gasteiger charge is -2.17. The Bertz CT molecular complexity index is 415. The summed E-state index contributed by atoms with van der Waals surface area (Å²) < 4.78 is 1.18. The summed E-state index contributed by atoms with van der Waals surface area (Å²) in [5, 5.41) is 3.66. The number of nitrogens with one attached hydrogen (secondary N) is 1. The molecule has 1 unspecified atom stereocenters. The molecule has 0 amide bonds. The van der Waals surface area contributed by atoms with Gasteiger partial charge in [-0.2, -0.15) is 0 Å². The fourth-order valence-electron chi connectivity index (χ4n) is 2.63. The van der Waals surface area contributed by atoms with Gasteiger partial charge in [0.05, 0.1) is 0 Å². The third kappa shape index (κ3) is 2.66. The van der Waals surface area contributed by atoms with Gasteiger partial charge >= 0.3 is 0 Å². The molecular weight excluding hydrogens is 276 g/mol. The largest absolute Gasteiger partial charge is 0.380 e. The van der Waals surface area contributed by atoms with Gasteiger partial charge in [0.15, 0.2) is 0 Å². The highest BCUT2D eigenvalue weighted by Crippen LogP contribution is 2.31. The Morgan fingerprint density at radius 3 is 2.82 bits per heavy atom. The molecule has 0 spiro atoms. The van der Waals surface area contributed by atoms with E-state index in [0.29, 0.717) is 6.04 Å². The maximum Gasteiger partial charge on any atom is 0.0487 e. The van der Waals surface area contributed by atoms with Crippen LogP contribution in [0.3, 0.4) is 0 Å². The highest BCUT2D eigenvalue weighted by Gasteiger charge is 2.34. The Labute approximate surface area is 112 Å². The van der Waals surface area contributed by atoms with Crippen molar-refractivity contribution < 1.29 is 0 Å². The van der Waals surface area contributed by atoms with Crippen molar-refractivity contribution in [2.75, 3.05) is 18.4 Å². The van der Waals surface area contributed by atoms with Crippen LogP contribution in [-0.4, -0.2) is 30.1 Å². The molecule has 1 aromatic carbocycles. The van der Waals surface area contributed by atoms with Crippen LogP contribution in [0.2, 0.25) is 0 Å². The second kappa shape index (κ2) is 4.62. The van der Waals surface area contributed by atoms with Gasteiger partial charge in [0.2, 0.25) is 0 Å². The van der Waals surface area contributed by atoms with Gasteiger partial charge in [-0.25, -0.2) is 0 Å². The Balaban J connectivity index is 1.63. The Morgan fingerprint density at radius 2 is 2.12 bits per heavy atom. The molecule has 2 aliphatic rings. The zero-order valence-corrected chi connectivity index (χ0v) is 11.8. The molecule has 3 rings (SSSR count). The van der Waals surface area contributed by atoms with Crippen molar-refractivity contribution in [3.63, 3.8) is 0 Å². The summed E-state index contributed by atoms with van der Waals surface area (Å²) in [7, 11) is 0. The molecule has 0 aromatic heterocycles. The predicted octanol–water partition coefficient (Wildman–Crippen LogP) is 3.41. The first-order chi connectivity index (χ1) is 8.22. The van der Waals surface area contributed by atoms with Crippen LogP contribution in [0.15, 0.2) is 22.7 Å². The van der Waals surface area contributed by atoms with Crippen molar-refractivity contribution in [3.05, 3.63) is 28.2 Å². The number of benzene rings is 1. The molecule has 1 atom stereocenters. The molecule has 1 saturated carbocycles. The normalized spacial score (nSPS) is 25.2. The van der Waals surface area contributed by atoms with Gasteiger partial charge in [-0.3, -0.25) is 4.90 Å². The van der Waals surface area contributed by atoms with Gasteiger partial charge in [-0.1, -0.05) is 6.07 Å². The molecule has 2 nitrogen and oxygen atoms in total. The maximum absolute atomic E-state index is 3.66. The summed E-state index contributed by atoms with van der Waals surface area (Å²) in [6.45, 7) is 4.61. The minimum Gasteiger partial charge on any atom is -0.380 e. The monoisotopic (exact) mass is 294 g/mol. The molecule has 1 aliphatic heterocycles. The zero-order valence-electron chi connectivity index (χ0n) is 10.2. The number of halogens is 1. The number of nitrogens with zero attached hydrogens (tertiary/aromatic N) is 1. The van der Waals surface area contributed by atoms with Crippen LogP contribution in [0, 0.1) is 6.92 Å². The van der Waals surface area contributed by atoms with E-state index in [9.17, 15) is 0 Å². The average Bonchev–Trinajstić information content (AvgIpc) is 3.04. The average molecular weight is 295 g/mol. The van der Waals surface area contributed by atoms with E-state index in [-0.39, 0.29) is 0 Å². The fraction of sp³-hybridized carbons (Fsp3) is 0.571. The number of aryl methyl sites for hydroxylation is 1.